The lowest BCUT2D eigenvalue weighted by molar-refractivity contribution is 0.102. The van der Waals surface area contributed by atoms with Crippen LogP contribution in [0.15, 0.2) is 65.1 Å². The van der Waals surface area contributed by atoms with Gasteiger partial charge >= 0.3 is 0 Å². The summed E-state index contributed by atoms with van der Waals surface area (Å²) in [5.41, 5.74) is 2.20. The third kappa shape index (κ3) is 3.36. The van der Waals surface area contributed by atoms with Gasteiger partial charge in [-0.05, 0) is 35.9 Å². The monoisotopic (exact) mass is 383 g/mol. The number of rotatable bonds is 4. The molecule has 0 bridgehead atoms. The molecule has 0 saturated carbocycles. The molecule has 1 amide bonds. The van der Waals surface area contributed by atoms with Crippen LogP contribution in [0.2, 0.25) is 0 Å². The van der Waals surface area contributed by atoms with Crippen LogP contribution >= 0.6 is 24.0 Å². The van der Waals surface area contributed by atoms with Gasteiger partial charge in [0.1, 0.15) is 5.82 Å². The van der Waals surface area contributed by atoms with E-state index in [-0.39, 0.29) is 11.7 Å². The number of aromatic nitrogens is 2. The van der Waals surface area contributed by atoms with E-state index in [0.717, 1.165) is 10.5 Å². The van der Waals surface area contributed by atoms with E-state index >= 15 is 0 Å². The second-order valence-corrected chi connectivity index (χ2v) is 7.20. The highest BCUT2D eigenvalue weighted by Crippen LogP contribution is 2.25. The Hall–Kier alpha value is -2.64. The molecule has 130 valence electrons. The van der Waals surface area contributed by atoms with Gasteiger partial charge in [0.25, 0.3) is 5.91 Å². The van der Waals surface area contributed by atoms with Gasteiger partial charge in [-0.25, -0.2) is 9.37 Å². The zero-order valence-electron chi connectivity index (χ0n) is 13.5. The van der Waals surface area contributed by atoms with E-state index in [1.165, 1.54) is 23.5 Å². The minimum atomic E-state index is -0.338. The molecule has 4 nitrogen and oxygen atoms in total. The molecule has 0 fully saturated rings. The molecule has 26 heavy (non-hydrogen) atoms. The first-order chi connectivity index (χ1) is 12.6. The van der Waals surface area contributed by atoms with Gasteiger partial charge < -0.3 is 4.57 Å². The molecule has 0 radical (unpaired) electrons. The Morgan fingerprint density at radius 3 is 2.77 bits per heavy atom. The molecule has 0 aliphatic heterocycles. The van der Waals surface area contributed by atoms with Gasteiger partial charge in [-0.1, -0.05) is 12.1 Å². The van der Waals surface area contributed by atoms with E-state index < -0.39 is 0 Å². The van der Waals surface area contributed by atoms with Gasteiger partial charge in [0.05, 0.1) is 11.1 Å². The maximum Gasteiger partial charge on any atom is 0.259 e. The molecule has 0 unspecified atom stereocenters. The number of hydrogen-bond acceptors (Lipinski definition) is 4. The van der Waals surface area contributed by atoms with Crippen molar-refractivity contribution >= 4 is 45.9 Å². The summed E-state index contributed by atoms with van der Waals surface area (Å²) < 4.78 is 15.7. The Balaban J connectivity index is 1.74. The van der Waals surface area contributed by atoms with E-state index in [2.05, 4.69) is 22.9 Å². The van der Waals surface area contributed by atoms with E-state index in [0.29, 0.717) is 28.1 Å². The SMILES string of the molecule is O=C(Nc1nccs1)c1cn(Cc2ccc(S)cc2)c2cc(F)ccc12. The van der Waals surface area contributed by atoms with Crippen LogP contribution in [-0.2, 0) is 6.54 Å². The molecule has 0 atom stereocenters. The Morgan fingerprint density at radius 1 is 1.23 bits per heavy atom. The number of thiazole rings is 1. The number of carbonyl (C=O) groups is 1. The van der Waals surface area contributed by atoms with Crippen LogP contribution in [0.4, 0.5) is 9.52 Å². The first kappa shape index (κ1) is 16.8. The third-order valence-corrected chi connectivity index (χ3v) is 5.02. The van der Waals surface area contributed by atoms with Crippen LogP contribution in [0, 0.1) is 5.82 Å². The average molecular weight is 383 g/mol. The van der Waals surface area contributed by atoms with Crippen molar-refractivity contribution in [1.82, 2.24) is 9.55 Å². The Kier molecular flexibility index (Phi) is 4.48. The molecular weight excluding hydrogens is 369 g/mol. The van der Waals surface area contributed by atoms with E-state index in [4.69, 9.17) is 0 Å². The molecule has 1 N–H and O–H groups in total. The van der Waals surface area contributed by atoms with E-state index in [9.17, 15) is 9.18 Å². The number of thiol groups is 1. The van der Waals surface area contributed by atoms with Gasteiger partial charge in [0.15, 0.2) is 5.13 Å². The van der Waals surface area contributed by atoms with Gasteiger partial charge in [0.2, 0.25) is 0 Å². The van der Waals surface area contributed by atoms with Crippen molar-refractivity contribution in [3.63, 3.8) is 0 Å². The molecule has 7 heteroatoms. The summed E-state index contributed by atoms with van der Waals surface area (Å²) in [5, 5.41) is 5.80. The minimum Gasteiger partial charge on any atom is -0.342 e. The predicted molar refractivity (Wildman–Crippen MR) is 105 cm³/mol. The van der Waals surface area contributed by atoms with Gasteiger partial charge in [0, 0.05) is 34.6 Å². The average Bonchev–Trinajstić information content (AvgIpc) is 3.25. The Bertz CT molecular complexity index is 1070. The number of nitrogens with one attached hydrogen (secondary N) is 1. The lowest BCUT2D eigenvalue weighted by Gasteiger charge is -2.06. The van der Waals surface area contributed by atoms with Crippen LogP contribution in [0.1, 0.15) is 15.9 Å². The lowest BCUT2D eigenvalue weighted by Crippen LogP contribution is -2.11. The number of carbonyl (C=O) groups excluding carboxylic acids is 1. The van der Waals surface area contributed by atoms with Crippen LogP contribution in [0.3, 0.4) is 0 Å². The fourth-order valence-corrected chi connectivity index (χ4v) is 3.50. The number of nitrogens with zero attached hydrogens (tertiary/aromatic N) is 2. The number of fused-ring (bicyclic) bond motifs is 1. The maximum absolute atomic E-state index is 13.8. The van der Waals surface area contributed by atoms with Crippen molar-refractivity contribution < 1.29 is 9.18 Å². The van der Waals surface area contributed by atoms with Crippen LogP contribution < -0.4 is 5.32 Å². The highest BCUT2D eigenvalue weighted by atomic mass is 32.1. The van der Waals surface area contributed by atoms with Crippen molar-refractivity contribution in [3.05, 3.63) is 77.2 Å². The van der Waals surface area contributed by atoms with E-state index in [1.54, 1.807) is 23.8 Å². The van der Waals surface area contributed by atoms with Crippen molar-refractivity contribution in [2.45, 2.75) is 11.4 Å². The highest BCUT2D eigenvalue weighted by Gasteiger charge is 2.17. The fraction of sp³-hybridized carbons (Fsp3) is 0.0526. The van der Waals surface area contributed by atoms with E-state index in [1.807, 2.05) is 28.8 Å². The van der Waals surface area contributed by atoms with Crippen molar-refractivity contribution in [2.24, 2.45) is 0 Å². The molecule has 0 saturated heterocycles. The summed E-state index contributed by atoms with van der Waals surface area (Å²) >= 11 is 5.64. The smallest absolute Gasteiger partial charge is 0.259 e. The maximum atomic E-state index is 13.8. The summed E-state index contributed by atoms with van der Waals surface area (Å²) in [6.07, 6.45) is 3.38. The summed E-state index contributed by atoms with van der Waals surface area (Å²) in [7, 11) is 0. The van der Waals surface area contributed by atoms with Crippen molar-refractivity contribution in [3.8, 4) is 0 Å². The molecule has 0 aliphatic carbocycles. The van der Waals surface area contributed by atoms with Crippen molar-refractivity contribution in [2.75, 3.05) is 5.32 Å². The third-order valence-electron chi connectivity index (χ3n) is 4.03. The first-order valence-electron chi connectivity index (χ1n) is 7.87. The zero-order chi connectivity index (χ0) is 18.1. The van der Waals surface area contributed by atoms with Crippen LogP contribution in [0.25, 0.3) is 10.9 Å². The zero-order valence-corrected chi connectivity index (χ0v) is 15.2. The number of halogens is 1. The summed E-state index contributed by atoms with van der Waals surface area (Å²) in [4.78, 5) is 17.6. The standard InChI is InChI=1S/C19H14FN3OS2/c20-13-3-6-15-16(18(24)22-19-21-7-8-26-19)11-23(17(15)9-13)10-12-1-4-14(25)5-2-12/h1-9,11,25H,10H2,(H,21,22,24). The molecule has 2 aromatic carbocycles. The highest BCUT2D eigenvalue weighted by molar-refractivity contribution is 7.80. The fourth-order valence-electron chi connectivity index (χ4n) is 2.82. The number of benzene rings is 2. The molecule has 2 heterocycles. The summed E-state index contributed by atoms with van der Waals surface area (Å²) in [6, 6.07) is 12.2. The lowest BCUT2D eigenvalue weighted by atomic mass is 10.1. The van der Waals surface area contributed by atoms with Gasteiger partial charge in [-0.15, -0.1) is 24.0 Å². The summed E-state index contributed by atoms with van der Waals surface area (Å²) in [5.74, 6) is -0.601. The first-order valence-corrected chi connectivity index (χ1v) is 9.20. The molecule has 0 spiro atoms. The molecule has 0 aliphatic rings. The second-order valence-electron chi connectivity index (χ2n) is 5.79. The molecule has 2 aromatic heterocycles. The Labute approximate surface area is 158 Å². The number of hydrogen-bond donors (Lipinski definition) is 2. The summed E-state index contributed by atoms with van der Waals surface area (Å²) in [6.45, 7) is 0.526. The Morgan fingerprint density at radius 2 is 2.04 bits per heavy atom. The minimum absolute atomic E-state index is 0.263. The predicted octanol–water partition coefficient (Wildman–Crippen LogP) is 4.83. The van der Waals surface area contributed by atoms with Crippen LogP contribution in [0.5, 0.6) is 0 Å². The van der Waals surface area contributed by atoms with Gasteiger partial charge in [-0.2, -0.15) is 0 Å². The second kappa shape index (κ2) is 6.93. The normalized spacial score (nSPS) is 11.0. The molecule has 4 aromatic rings. The van der Waals surface area contributed by atoms with Gasteiger partial charge in [-0.3, -0.25) is 10.1 Å². The molecule has 4 rings (SSSR count). The largest absolute Gasteiger partial charge is 0.342 e. The quantitative estimate of drug-likeness (QED) is 0.496. The number of amides is 1. The van der Waals surface area contributed by atoms with Crippen LogP contribution in [-0.4, -0.2) is 15.5 Å². The number of anilines is 1. The topological polar surface area (TPSA) is 46.9 Å². The molecular formula is C19H14FN3OS2. The van der Waals surface area contributed by atoms with Crippen molar-refractivity contribution in [1.29, 1.82) is 0 Å².